The Bertz CT molecular complexity index is 902. The van der Waals surface area contributed by atoms with Crippen molar-refractivity contribution in [2.24, 2.45) is 5.73 Å². The number of rotatable bonds is 7. The summed E-state index contributed by atoms with van der Waals surface area (Å²) in [6, 6.07) is 26.2. The number of amides is 1. The molecule has 0 bridgehead atoms. The molecular formula is C23H25N2O3S-. The van der Waals surface area contributed by atoms with Crippen LogP contribution in [0.4, 0.5) is 0 Å². The van der Waals surface area contributed by atoms with Crippen molar-refractivity contribution in [1.29, 1.82) is 0 Å². The van der Waals surface area contributed by atoms with Gasteiger partial charge in [-0.15, -0.1) is 0 Å². The Hall–Kier alpha value is -2.80. The number of carbonyl (C=O) groups excluding carboxylic acids is 1. The Kier molecular flexibility index (Phi) is 9.78. The molecule has 1 atom stereocenters. The van der Waals surface area contributed by atoms with Gasteiger partial charge in [0.1, 0.15) is 0 Å². The summed E-state index contributed by atoms with van der Waals surface area (Å²) in [5, 5.41) is 2.73. The van der Waals surface area contributed by atoms with Gasteiger partial charge in [0.2, 0.25) is 0 Å². The van der Waals surface area contributed by atoms with Gasteiger partial charge >= 0.3 is 0 Å². The third-order valence-corrected chi connectivity index (χ3v) is 4.84. The Morgan fingerprint density at radius 1 is 0.828 bits per heavy atom. The van der Waals surface area contributed by atoms with E-state index in [1.165, 1.54) is 17.7 Å². The minimum atomic E-state index is -2.41. The third kappa shape index (κ3) is 7.99. The quantitative estimate of drug-likeness (QED) is 0.586. The summed E-state index contributed by atoms with van der Waals surface area (Å²) >= 11 is -2.41. The first-order valence-corrected chi connectivity index (χ1v) is 10.4. The van der Waals surface area contributed by atoms with Gasteiger partial charge in [-0.3, -0.25) is 9.00 Å². The van der Waals surface area contributed by atoms with Crippen molar-refractivity contribution in [3.8, 4) is 0 Å². The second-order valence-electron chi connectivity index (χ2n) is 6.25. The van der Waals surface area contributed by atoms with Crippen LogP contribution in [0.5, 0.6) is 0 Å². The van der Waals surface area contributed by atoms with E-state index in [4.69, 9.17) is 5.73 Å². The number of carbonyl (C=O) groups is 1. The highest BCUT2D eigenvalue weighted by molar-refractivity contribution is 7.79. The first kappa shape index (κ1) is 22.5. The SMILES string of the molecule is NCCc1ccccc1.O=C(NCCc1ccccc1)c1ccccc1S(=O)[O-]. The fraction of sp³-hybridized carbons (Fsp3) is 0.174. The zero-order valence-electron chi connectivity index (χ0n) is 16.1. The molecule has 0 aliphatic heterocycles. The molecule has 0 fully saturated rings. The van der Waals surface area contributed by atoms with Gasteiger partial charge in [-0.25, -0.2) is 0 Å². The monoisotopic (exact) mass is 409 g/mol. The molecule has 3 rings (SSSR count). The lowest BCUT2D eigenvalue weighted by Gasteiger charge is -2.11. The predicted molar refractivity (Wildman–Crippen MR) is 115 cm³/mol. The molecule has 0 saturated heterocycles. The van der Waals surface area contributed by atoms with Crippen LogP contribution in [0.25, 0.3) is 0 Å². The van der Waals surface area contributed by atoms with Crippen LogP contribution < -0.4 is 11.1 Å². The Morgan fingerprint density at radius 2 is 1.34 bits per heavy atom. The minimum absolute atomic E-state index is 0.0183. The van der Waals surface area contributed by atoms with Gasteiger partial charge in [0, 0.05) is 11.4 Å². The second kappa shape index (κ2) is 12.6. The summed E-state index contributed by atoms with van der Waals surface area (Å²) in [4.78, 5) is 12.0. The standard InChI is InChI=1S/C15H15NO3S.C8H11N/c17-15(13-8-4-5-9-14(13)20(18)19)16-11-10-12-6-2-1-3-7-12;9-7-6-8-4-2-1-3-5-8/h1-9H,10-11H2,(H,16,17)(H,18,19);1-5H,6-7,9H2/p-1. The van der Waals surface area contributed by atoms with Crippen molar-refractivity contribution < 1.29 is 13.6 Å². The molecule has 0 heterocycles. The first-order chi connectivity index (χ1) is 14.1. The van der Waals surface area contributed by atoms with E-state index in [0.29, 0.717) is 13.0 Å². The summed E-state index contributed by atoms with van der Waals surface area (Å²) in [7, 11) is 0. The largest absolute Gasteiger partial charge is 0.768 e. The van der Waals surface area contributed by atoms with Crippen LogP contribution in [0, 0.1) is 0 Å². The molecule has 0 radical (unpaired) electrons. The maximum atomic E-state index is 12.0. The van der Waals surface area contributed by atoms with E-state index in [2.05, 4.69) is 17.4 Å². The highest BCUT2D eigenvalue weighted by Gasteiger charge is 2.10. The molecule has 0 saturated carbocycles. The van der Waals surface area contributed by atoms with Crippen molar-refractivity contribution >= 4 is 17.0 Å². The molecule has 5 nitrogen and oxygen atoms in total. The molecule has 3 N–H and O–H groups in total. The van der Waals surface area contributed by atoms with Crippen molar-refractivity contribution in [2.45, 2.75) is 17.7 Å². The van der Waals surface area contributed by atoms with Crippen molar-refractivity contribution in [1.82, 2.24) is 5.32 Å². The van der Waals surface area contributed by atoms with E-state index in [1.54, 1.807) is 12.1 Å². The molecule has 1 amide bonds. The van der Waals surface area contributed by atoms with E-state index in [1.807, 2.05) is 48.5 Å². The van der Waals surface area contributed by atoms with Gasteiger partial charge in [0.15, 0.2) is 0 Å². The van der Waals surface area contributed by atoms with E-state index < -0.39 is 11.1 Å². The van der Waals surface area contributed by atoms with Crippen LogP contribution in [0.3, 0.4) is 0 Å². The van der Waals surface area contributed by atoms with E-state index in [0.717, 1.165) is 18.5 Å². The van der Waals surface area contributed by atoms with Gasteiger partial charge in [0.05, 0.1) is 5.56 Å². The molecule has 3 aromatic rings. The molecule has 0 aliphatic rings. The Balaban J connectivity index is 0.000000278. The number of hydrogen-bond donors (Lipinski definition) is 2. The molecule has 1 unspecified atom stereocenters. The Labute approximate surface area is 174 Å². The van der Waals surface area contributed by atoms with Gasteiger partial charge in [0.25, 0.3) is 5.91 Å². The maximum absolute atomic E-state index is 12.0. The minimum Gasteiger partial charge on any atom is -0.768 e. The normalized spacial score (nSPS) is 11.1. The fourth-order valence-corrected chi connectivity index (χ4v) is 3.20. The van der Waals surface area contributed by atoms with E-state index >= 15 is 0 Å². The predicted octanol–water partition coefficient (Wildman–Crippen LogP) is 3.08. The highest BCUT2D eigenvalue weighted by Crippen LogP contribution is 2.12. The molecule has 3 aromatic carbocycles. The van der Waals surface area contributed by atoms with Crippen LogP contribution in [-0.2, 0) is 23.9 Å². The van der Waals surface area contributed by atoms with Crippen molar-refractivity contribution in [3.63, 3.8) is 0 Å². The summed E-state index contributed by atoms with van der Waals surface area (Å²) in [5.41, 5.74) is 7.97. The summed E-state index contributed by atoms with van der Waals surface area (Å²) < 4.78 is 22.1. The van der Waals surface area contributed by atoms with Crippen LogP contribution >= 0.6 is 0 Å². The van der Waals surface area contributed by atoms with Crippen molar-refractivity contribution in [2.75, 3.05) is 13.1 Å². The lowest BCUT2D eigenvalue weighted by atomic mass is 10.1. The first-order valence-electron chi connectivity index (χ1n) is 9.36. The number of nitrogens with two attached hydrogens (primary N) is 1. The van der Waals surface area contributed by atoms with Crippen LogP contribution in [0.1, 0.15) is 21.5 Å². The molecule has 0 aliphatic carbocycles. The van der Waals surface area contributed by atoms with Crippen LogP contribution in [0.2, 0.25) is 0 Å². The summed E-state index contributed by atoms with van der Waals surface area (Å²) in [6.45, 7) is 1.20. The van der Waals surface area contributed by atoms with Gasteiger partial charge in [-0.1, -0.05) is 72.8 Å². The molecule has 0 aromatic heterocycles. The fourth-order valence-electron chi connectivity index (χ4n) is 2.67. The number of benzene rings is 3. The third-order valence-electron chi connectivity index (χ3n) is 4.13. The average molecular weight is 410 g/mol. The van der Waals surface area contributed by atoms with Crippen LogP contribution in [-0.4, -0.2) is 27.8 Å². The Morgan fingerprint density at radius 3 is 1.90 bits per heavy atom. The van der Waals surface area contributed by atoms with Gasteiger partial charge in [-0.2, -0.15) is 0 Å². The second-order valence-corrected chi connectivity index (χ2v) is 7.16. The summed E-state index contributed by atoms with van der Waals surface area (Å²) in [6.07, 6.45) is 1.69. The van der Waals surface area contributed by atoms with Gasteiger partial charge in [-0.05, 0) is 53.7 Å². The number of hydrogen-bond acceptors (Lipinski definition) is 4. The zero-order chi connectivity index (χ0) is 20.9. The molecule has 152 valence electrons. The molecule has 29 heavy (non-hydrogen) atoms. The highest BCUT2D eigenvalue weighted by atomic mass is 32.2. The molecule has 0 spiro atoms. The van der Waals surface area contributed by atoms with Crippen LogP contribution in [0.15, 0.2) is 89.8 Å². The summed E-state index contributed by atoms with van der Waals surface area (Å²) in [5.74, 6) is -0.374. The maximum Gasteiger partial charge on any atom is 0.252 e. The van der Waals surface area contributed by atoms with E-state index in [-0.39, 0.29) is 16.4 Å². The number of nitrogens with one attached hydrogen (secondary N) is 1. The lowest BCUT2D eigenvalue weighted by Crippen LogP contribution is -2.26. The van der Waals surface area contributed by atoms with Crippen molar-refractivity contribution in [3.05, 3.63) is 102 Å². The zero-order valence-corrected chi connectivity index (χ0v) is 16.9. The molecular weight excluding hydrogens is 384 g/mol. The lowest BCUT2D eigenvalue weighted by molar-refractivity contribution is 0.0950. The topological polar surface area (TPSA) is 95.2 Å². The molecule has 6 heteroatoms. The van der Waals surface area contributed by atoms with Gasteiger partial charge < -0.3 is 15.6 Å². The smallest absolute Gasteiger partial charge is 0.252 e. The van der Waals surface area contributed by atoms with E-state index in [9.17, 15) is 13.6 Å². The average Bonchev–Trinajstić information content (AvgIpc) is 2.76.